The number of carbonyl (C=O) groups is 1. The average molecular weight is 231 g/mol. The molecule has 1 aromatic rings. The lowest BCUT2D eigenvalue weighted by atomic mass is 10.1. The number of aromatic nitrogens is 1. The number of aryl methyl sites for hydroxylation is 1. The summed E-state index contributed by atoms with van der Waals surface area (Å²) in [6.07, 6.45) is 5.72. The van der Waals surface area contributed by atoms with Crippen LogP contribution in [-0.4, -0.2) is 16.1 Å². The fourth-order valence-electron chi connectivity index (χ4n) is 1.46. The van der Waals surface area contributed by atoms with Crippen molar-refractivity contribution in [2.75, 3.05) is 0 Å². The van der Waals surface area contributed by atoms with E-state index in [1.165, 1.54) is 6.20 Å². The van der Waals surface area contributed by atoms with Crippen LogP contribution in [0.15, 0.2) is 12.3 Å². The Labute approximate surface area is 102 Å². The lowest BCUT2D eigenvalue weighted by molar-refractivity contribution is 0.0696. The van der Waals surface area contributed by atoms with Gasteiger partial charge < -0.3 is 5.11 Å². The largest absolute Gasteiger partial charge is 0.478 e. The van der Waals surface area contributed by atoms with Gasteiger partial charge >= 0.3 is 5.97 Å². The van der Waals surface area contributed by atoms with E-state index in [1.54, 1.807) is 13.0 Å². The lowest BCUT2D eigenvalue weighted by Gasteiger charge is -1.99. The highest BCUT2D eigenvalue weighted by Crippen LogP contribution is 2.08. The number of pyridine rings is 1. The van der Waals surface area contributed by atoms with Gasteiger partial charge in [-0.2, -0.15) is 0 Å². The molecule has 0 unspecified atom stereocenters. The third kappa shape index (κ3) is 4.28. The summed E-state index contributed by atoms with van der Waals surface area (Å²) in [5, 5.41) is 9.04. The van der Waals surface area contributed by atoms with E-state index < -0.39 is 5.97 Å². The van der Waals surface area contributed by atoms with Crippen molar-refractivity contribution >= 4 is 5.97 Å². The van der Waals surface area contributed by atoms with Crippen molar-refractivity contribution in [3.05, 3.63) is 29.1 Å². The fraction of sp³-hybridized carbons (Fsp3) is 0.429. The van der Waals surface area contributed by atoms with Gasteiger partial charge in [-0.25, -0.2) is 4.79 Å². The Morgan fingerprint density at radius 1 is 1.47 bits per heavy atom. The number of rotatable bonds is 4. The molecule has 0 fully saturated rings. The van der Waals surface area contributed by atoms with E-state index in [4.69, 9.17) is 5.11 Å². The average Bonchev–Trinajstić information content (AvgIpc) is 2.30. The van der Waals surface area contributed by atoms with Crippen LogP contribution in [0.3, 0.4) is 0 Å². The van der Waals surface area contributed by atoms with Crippen LogP contribution in [0.2, 0.25) is 0 Å². The summed E-state index contributed by atoms with van der Waals surface area (Å²) in [6.45, 7) is 3.91. The summed E-state index contributed by atoms with van der Waals surface area (Å²) in [5.41, 5.74) is 1.43. The molecule has 3 nitrogen and oxygen atoms in total. The smallest absolute Gasteiger partial charge is 0.337 e. The predicted octanol–water partition coefficient (Wildman–Crippen LogP) is 3.02. The fourth-order valence-corrected chi connectivity index (χ4v) is 1.46. The Kier molecular flexibility index (Phi) is 5.22. The molecule has 0 aliphatic carbocycles. The Balaban J connectivity index is 2.79. The van der Waals surface area contributed by atoms with Crippen molar-refractivity contribution in [1.29, 1.82) is 0 Å². The van der Waals surface area contributed by atoms with Crippen LogP contribution in [0.1, 0.15) is 54.2 Å². The van der Waals surface area contributed by atoms with E-state index >= 15 is 0 Å². The standard InChI is InChI=1S/C14H17NO2/c1-3-4-5-6-7-8-12-10-15-11(2)9-13(12)14(16)17/h9-10H,3-6H2,1-2H3,(H,16,17). The number of aromatic carboxylic acids is 1. The van der Waals surface area contributed by atoms with Crippen LogP contribution < -0.4 is 0 Å². The first kappa shape index (κ1) is 13.2. The van der Waals surface area contributed by atoms with Gasteiger partial charge in [0.05, 0.1) is 11.1 Å². The molecule has 0 bridgehead atoms. The van der Waals surface area contributed by atoms with Crippen LogP contribution in [0.25, 0.3) is 0 Å². The normalized spacial score (nSPS) is 9.53. The number of unbranched alkanes of at least 4 members (excludes halogenated alkanes) is 3. The lowest BCUT2D eigenvalue weighted by Crippen LogP contribution is -2.01. The van der Waals surface area contributed by atoms with Crippen LogP contribution in [0.4, 0.5) is 0 Å². The molecule has 0 atom stereocenters. The zero-order valence-corrected chi connectivity index (χ0v) is 10.3. The van der Waals surface area contributed by atoms with Crippen LogP contribution in [0, 0.1) is 18.8 Å². The summed E-state index contributed by atoms with van der Waals surface area (Å²) >= 11 is 0. The summed E-state index contributed by atoms with van der Waals surface area (Å²) in [5.74, 6) is 4.93. The Morgan fingerprint density at radius 2 is 2.24 bits per heavy atom. The first-order chi connectivity index (χ1) is 8.15. The first-order valence-corrected chi connectivity index (χ1v) is 5.84. The van der Waals surface area contributed by atoms with Crippen molar-refractivity contribution in [1.82, 2.24) is 4.98 Å². The van der Waals surface area contributed by atoms with Crippen LogP contribution in [-0.2, 0) is 0 Å². The van der Waals surface area contributed by atoms with Crippen molar-refractivity contribution in [2.24, 2.45) is 0 Å². The molecule has 0 aromatic carbocycles. The summed E-state index contributed by atoms with van der Waals surface area (Å²) in [7, 11) is 0. The predicted molar refractivity (Wildman–Crippen MR) is 67.0 cm³/mol. The molecule has 90 valence electrons. The second kappa shape index (κ2) is 6.70. The third-order valence-corrected chi connectivity index (χ3v) is 2.40. The molecule has 0 aliphatic heterocycles. The Hall–Kier alpha value is -1.82. The summed E-state index contributed by atoms with van der Waals surface area (Å²) in [4.78, 5) is 15.1. The van der Waals surface area contributed by atoms with Gasteiger partial charge in [-0.3, -0.25) is 4.98 Å². The van der Waals surface area contributed by atoms with Crippen molar-refractivity contribution in [2.45, 2.75) is 39.5 Å². The number of hydrogen-bond acceptors (Lipinski definition) is 2. The van der Waals surface area contributed by atoms with Gasteiger partial charge in [0.2, 0.25) is 0 Å². The molecule has 0 saturated carbocycles. The Bertz CT molecular complexity index is 455. The second-order valence-corrected chi connectivity index (χ2v) is 3.94. The third-order valence-electron chi connectivity index (χ3n) is 2.40. The van der Waals surface area contributed by atoms with E-state index in [2.05, 4.69) is 23.7 Å². The zero-order valence-electron chi connectivity index (χ0n) is 10.3. The minimum atomic E-state index is -0.951. The minimum Gasteiger partial charge on any atom is -0.478 e. The highest BCUT2D eigenvalue weighted by atomic mass is 16.4. The SMILES string of the molecule is CCCCCC#Cc1cnc(C)cc1C(=O)O. The van der Waals surface area contributed by atoms with Gasteiger partial charge in [0.15, 0.2) is 0 Å². The molecule has 0 aliphatic rings. The molecular weight excluding hydrogens is 214 g/mol. The monoisotopic (exact) mass is 231 g/mol. The number of carboxylic acids is 1. The van der Waals surface area contributed by atoms with Gasteiger partial charge in [0.1, 0.15) is 0 Å². The maximum atomic E-state index is 11.0. The number of hydrogen-bond donors (Lipinski definition) is 1. The number of carboxylic acid groups (broad SMARTS) is 1. The van der Waals surface area contributed by atoms with Gasteiger partial charge in [0.25, 0.3) is 0 Å². The van der Waals surface area contributed by atoms with E-state index in [9.17, 15) is 4.79 Å². The summed E-state index contributed by atoms with van der Waals surface area (Å²) < 4.78 is 0. The van der Waals surface area contributed by atoms with E-state index in [1.807, 2.05) is 0 Å². The quantitative estimate of drug-likeness (QED) is 0.640. The molecule has 1 N–H and O–H groups in total. The highest BCUT2D eigenvalue weighted by molar-refractivity contribution is 5.90. The van der Waals surface area contributed by atoms with Gasteiger partial charge in [-0.05, 0) is 19.4 Å². The van der Waals surface area contributed by atoms with E-state index in [-0.39, 0.29) is 5.56 Å². The van der Waals surface area contributed by atoms with Crippen molar-refractivity contribution < 1.29 is 9.90 Å². The van der Waals surface area contributed by atoms with Crippen molar-refractivity contribution in [3.8, 4) is 11.8 Å². The highest BCUT2D eigenvalue weighted by Gasteiger charge is 2.08. The molecule has 0 amide bonds. The summed E-state index contributed by atoms with van der Waals surface area (Å²) in [6, 6.07) is 1.55. The molecule has 0 saturated heterocycles. The molecule has 17 heavy (non-hydrogen) atoms. The van der Waals surface area contributed by atoms with Gasteiger partial charge in [-0.1, -0.05) is 31.6 Å². The first-order valence-electron chi connectivity index (χ1n) is 5.84. The van der Waals surface area contributed by atoms with Gasteiger partial charge in [-0.15, -0.1) is 0 Å². The maximum Gasteiger partial charge on any atom is 0.337 e. The molecule has 1 heterocycles. The zero-order chi connectivity index (χ0) is 12.7. The van der Waals surface area contributed by atoms with Crippen molar-refractivity contribution in [3.63, 3.8) is 0 Å². The molecule has 1 rings (SSSR count). The molecular formula is C14H17NO2. The minimum absolute atomic E-state index is 0.237. The van der Waals surface area contributed by atoms with E-state index in [0.717, 1.165) is 25.7 Å². The molecule has 3 heteroatoms. The Morgan fingerprint density at radius 3 is 2.88 bits per heavy atom. The maximum absolute atomic E-state index is 11.0. The molecule has 0 radical (unpaired) electrons. The molecule has 1 aromatic heterocycles. The van der Waals surface area contributed by atoms with E-state index in [0.29, 0.717) is 11.3 Å². The topological polar surface area (TPSA) is 50.2 Å². The second-order valence-electron chi connectivity index (χ2n) is 3.94. The van der Waals surface area contributed by atoms with Crippen LogP contribution >= 0.6 is 0 Å². The van der Waals surface area contributed by atoms with Crippen LogP contribution in [0.5, 0.6) is 0 Å². The molecule has 0 spiro atoms. The number of nitrogens with zero attached hydrogens (tertiary/aromatic N) is 1. The van der Waals surface area contributed by atoms with Gasteiger partial charge in [0, 0.05) is 18.3 Å².